The first-order valence-corrected chi connectivity index (χ1v) is 7.42. The van der Waals surface area contributed by atoms with Crippen molar-refractivity contribution in [2.45, 2.75) is 37.1 Å². The van der Waals surface area contributed by atoms with Crippen molar-refractivity contribution in [3.63, 3.8) is 0 Å². The molecule has 1 atom stereocenters. The number of thioether (sulfide) groups is 1. The van der Waals surface area contributed by atoms with E-state index >= 15 is 0 Å². The Hall–Kier alpha value is -0.670. The second-order valence-electron chi connectivity index (χ2n) is 4.63. The topological polar surface area (TPSA) is 21.3 Å². The highest BCUT2D eigenvalue weighted by Gasteiger charge is 2.17. The van der Waals surface area contributed by atoms with E-state index in [1.54, 1.807) is 7.11 Å². The molecule has 0 amide bonds. The summed E-state index contributed by atoms with van der Waals surface area (Å²) in [6, 6.07) is 5.10. The quantitative estimate of drug-likeness (QED) is 0.831. The maximum atomic E-state index is 5.42. The molecule has 94 valence electrons. The average Bonchev–Trinajstić information content (AvgIpc) is 2.83. The molecule has 17 heavy (non-hydrogen) atoms. The molecular weight excluding hydrogens is 230 g/mol. The van der Waals surface area contributed by atoms with Gasteiger partial charge >= 0.3 is 0 Å². The molecule has 1 heterocycles. The van der Waals surface area contributed by atoms with Crippen LogP contribution >= 0.6 is 11.8 Å². The van der Waals surface area contributed by atoms with Gasteiger partial charge in [0, 0.05) is 10.9 Å². The van der Waals surface area contributed by atoms with Crippen LogP contribution in [0.3, 0.4) is 0 Å². The molecule has 2 rings (SSSR count). The number of nitrogens with one attached hydrogen (secondary N) is 1. The molecule has 0 aromatic heterocycles. The van der Waals surface area contributed by atoms with Crippen LogP contribution in [-0.4, -0.2) is 26.0 Å². The zero-order chi connectivity index (χ0) is 12.3. The van der Waals surface area contributed by atoms with E-state index in [2.05, 4.69) is 30.6 Å². The fraction of sp³-hybridized carbons (Fsp3) is 0.571. The molecule has 1 unspecified atom stereocenters. The Labute approximate surface area is 108 Å². The minimum Gasteiger partial charge on any atom is -0.496 e. The van der Waals surface area contributed by atoms with E-state index < -0.39 is 0 Å². The lowest BCUT2D eigenvalue weighted by molar-refractivity contribution is 0.410. The van der Waals surface area contributed by atoms with E-state index in [9.17, 15) is 0 Å². The molecule has 1 N–H and O–H groups in total. The van der Waals surface area contributed by atoms with E-state index in [-0.39, 0.29) is 0 Å². The molecule has 1 aliphatic rings. The van der Waals surface area contributed by atoms with Gasteiger partial charge in [-0.2, -0.15) is 0 Å². The second-order valence-corrected chi connectivity index (χ2v) is 5.48. The highest BCUT2D eigenvalue weighted by atomic mass is 32.2. The van der Waals surface area contributed by atoms with E-state index in [1.165, 1.54) is 35.4 Å². The van der Waals surface area contributed by atoms with Crippen molar-refractivity contribution in [1.82, 2.24) is 5.32 Å². The molecule has 2 nitrogen and oxygen atoms in total. The van der Waals surface area contributed by atoms with E-state index in [0.29, 0.717) is 6.04 Å². The monoisotopic (exact) mass is 251 g/mol. The molecule has 0 spiro atoms. The summed E-state index contributed by atoms with van der Waals surface area (Å²) < 4.78 is 5.42. The first-order valence-electron chi connectivity index (χ1n) is 6.19. The lowest BCUT2D eigenvalue weighted by Crippen LogP contribution is -2.23. The average molecular weight is 251 g/mol. The third-order valence-electron chi connectivity index (χ3n) is 3.43. The van der Waals surface area contributed by atoms with Crippen molar-refractivity contribution in [1.29, 1.82) is 0 Å². The zero-order valence-electron chi connectivity index (χ0n) is 10.9. The van der Waals surface area contributed by atoms with E-state index in [4.69, 9.17) is 4.74 Å². The number of rotatable bonds is 4. The van der Waals surface area contributed by atoms with Crippen LogP contribution in [0.2, 0.25) is 0 Å². The molecule has 1 aromatic carbocycles. The van der Waals surface area contributed by atoms with Crippen LogP contribution in [0.1, 0.15) is 24.0 Å². The maximum Gasteiger partial charge on any atom is 0.122 e. The van der Waals surface area contributed by atoms with Gasteiger partial charge in [0.25, 0.3) is 0 Å². The predicted octanol–water partition coefficient (Wildman–Crippen LogP) is 3.02. The van der Waals surface area contributed by atoms with Crippen LogP contribution in [0.5, 0.6) is 5.75 Å². The summed E-state index contributed by atoms with van der Waals surface area (Å²) in [5, 5.41) is 3.56. The van der Waals surface area contributed by atoms with Gasteiger partial charge in [-0.3, -0.25) is 0 Å². The molecule has 1 aliphatic heterocycles. The summed E-state index contributed by atoms with van der Waals surface area (Å²) in [5.41, 5.74) is 2.64. The lowest BCUT2D eigenvalue weighted by atomic mass is 10.0. The fourth-order valence-corrected chi connectivity index (χ4v) is 3.17. The highest BCUT2D eigenvalue weighted by Crippen LogP contribution is 2.30. The fourth-order valence-electron chi connectivity index (χ4n) is 2.47. The predicted molar refractivity (Wildman–Crippen MR) is 74.2 cm³/mol. The van der Waals surface area contributed by atoms with Crippen molar-refractivity contribution in [2.24, 2.45) is 0 Å². The number of benzene rings is 1. The van der Waals surface area contributed by atoms with Gasteiger partial charge in [-0.25, -0.2) is 0 Å². The molecule has 3 heteroatoms. The maximum absolute atomic E-state index is 5.42. The summed E-state index contributed by atoms with van der Waals surface area (Å²) in [6.07, 6.45) is 5.87. The normalized spacial score (nSPS) is 19.6. The van der Waals surface area contributed by atoms with E-state index in [1.807, 2.05) is 11.8 Å². The van der Waals surface area contributed by atoms with Crippen molar-refractivity contribution >= 4 is 11.8 Å². The Morgan fingerprint density at radius 3 is 2.88 bits per heavy atom. The van der Waals surface area contributed by atoms with Crippen molar-refractivity contribution < 1.29 is 4.74 Å². The number of hydrogen-bond donors (Lipinski definition) is 1. The van der Waals surface area contributed by atoms with E-state index in [0.717, 1.165) is 12.2 Å². The molecule has 1 saturated heterocycles. The van der Waals surface area contributed by atoms with Gasteiger partial charge in [-0.1, -0.05) is 0 Å². The number of ether oxygens (including phenoxy) is 1. The molecular formula is C14H21NOS. The highest BCUT2D eigenvalue weighted by molar-refractivity contribution is 7.98. The van der Waals surface area contributed by atoms with Gasteiger partial charge in [0.2, 0.25) is 0 Å². The number of methoxy groups -OCH3 is 1. The third-order valence-corrected chi connectivity index (χ3v) is 4.25. The molecule has 1 fully saturated rings. The standard InChI is InChI=1S/C14H21NOS/c1-10-7-14(17-3)11(9-13(10)16-2)8-12-5-4-6-15-12/h7,9,12,15H,4-6,8H2,1-3H3. The Morgan fingerprint density at radius 1 is 1.47 bits per heavy atom. The van der Waals surface area contributed by atoms with Gasteiger partial charge in [-0.05, 0) is 62.2 Å². The number of aryl methyl sites for hydroxylation is 1. The Morgan fingerprint density at radius 2 is 2.29 bits per heavy atom. The van der Waals surface area contributed by atoms with Gasteiger partial charge in [0.1, 0.15) is 5.75 Å². The summed E-state index contributed by atoms with van der Waals surface area (Å²) >= 11 is 1.83. The Bertz CT molecular complexity index is 386. The Kier molecular flexibility index (Phi) is 4.35. The van der Waals surface area contributed by atoms with Gasteiger partial charge in [-0.15, -0.1) is 11.8 Å². The summed E-state index contributed by atoms with van der Waals surface area (Å²) in [7, 11) is 1.75. The Balaban J connectivity index is 2.23. The SMILES string of the molecule is COc1cc(CC2CCCN2)c(SC)cc1C. The van der Waals surface area contributed by atoms with Crippen LogP contribution in [0.25, 0.3) is 0 Å². The lowest BCUT2D eigenvalue weighted by Gasteiger charge is -2.16. The van der Waals surface area contributed by atoms with Crippen LogP contribution in [0.15, 0.2) is 17.0 Å². The molecule has 0 bridgehead atoms. The second kappa shape index (κ2) is 5.78. The van der Waals surface area contributed by atoms with Crippen molar-refractivity contribution in [3.05, 3.63) is 23.3 Å². The molecule has 0 radical (unpaired) electrons. The smallest absolute Gasteiger partial charge is 0.122 e. The van der Waals surface area contributed by atoms with Gasteiger partial charge in [0.15, 0.2) is 0 Å². The zero-order valence-corrected chi connectivity index (χ0v) is 11.7. The van der Waals surface area contributed by atoms with Crippen molar-refractivity contribution in [2.75, 3.05) is 19.9 Å². The van der Waals surface area contributed by atoms with Crippen molar-refractivity contribution in [3.8, 4) is 5.75 Å². The number of hydrogen-bond acceptors (Lipinski definition) is 3. The molecule has 1 aromatic rings. The largest absolute Gasteiger partial charge is 0.496 e. The third kappa shape index (κ3) is 2.96. The molecule has 0 aliphatic carbocycles. The first kappa shape index (κ1) is 12.8. The summed E-state index contributed by atoms with van der Waals surface area (Å²) in [5.74, 6) is 1.01. The minimum absolute atomic E-state index is 0.647. The summed E-state index contributed by atoms with van der Waals surface area (Å²) in [6.45, 7) is 3.28. The molecule has 0 saturated carbocycles. The summed E-state index contributed by atoms with van der Waals surface area (Å²) in [4.78, 5) is 1.39. The minimum atomic E-state index is 0.647. The van der Waals surface area contributed by atoms with Gasteiger partial charge < -0.3 is 10.1 Å². The van der Waals surface area contributed by atoms with Crippen LogP contribution in [0.4, 0.5) is 0 Å². The van der Waals surface area contributed by atoms with Crippen LogP contribution in [0, 0.1) is 6.92 Å². The van der Waals surface area contributed by atoms with Crippen LogP contribution < -0.4 is 10.1 Å². The first-order chi connectivity index (χ1) is 8.24. The van der Waals surface area contributed by atoms with Gasteiger partial charge in [0.05, 0.1) is 7.11 Å². The van der Waals surface area contributed by atoms with Crippen LogP contribution in [-0.2, 0) is 6.42 Å².